The SMILES string of the molecule is CC(N)/C=C/c1cc([N+](=O)[O-])ccc1Cl. The smallest absolute Gasteiger partial charge is 0.270 e. The Morgan fingerprint density at radius 3 is 2.80 bits per heavy atom. The summed E-state index contributed by atoms with van der Waals surface area (Å²) < 4.78 is 0. The quantitative estimate of drug-likeness (QED) is 0.636. The number of nitro groups is 1. The van der Waals surface area contributed by atoms with Crippen molar-refractivity contribution in [1.82, 2.24) is 0 Å². The van der Waals surface area contributed by atoms with Gasteiger partial charge in [0.2, 0.25) is 0 Å². The molecule has 1 atom stereocenters. The summed E-state index contributed by atoms with van der Waals surface area (Å²) in [6, 6.07) is 4.17. The van der Waals surface area contributed by atoms with E-state index >= 15 is 0 Å². The number of hydrogen-bond acceptors (Lipinski definition) is 3. The van der Waals surface area contributed by atoms with Crippen molar-refractivity contribution in [3.05, 3.63) is 45.0 Å². The van der Waals surface area contributed by atoms with E-state index in [0.29, 0.717) is 10.6 Å². The molecule has 0 spiro atoms. The van der Waals surface area contributed by atoms with Crippen molar-refractivity contribution in [2.24, 2.45) is 5.73 Å². The summed E-state index contributed by atoms with van der Waals surface area (Å²) in [6.45, 7) is 1.81. The fourth-order valence-electron chi connectivity index (χ4n) is 1.03. The molecule has 15 heavy (non-hydrogen) atoms. The van der Waals surface area contributed by atoms with Gasteiger partial charge < -0.3 is 5.73 Å². The Kier molecular flexibility index (Phi) is 3.82. The van der Waals surface area contributed by atoms with Crippen LogP contribution in [-0.4, -0.2) is 11.0 Å². The van der Waals surface area contributed by atoms with Crippen LogP contribution in [0.15, 0.2) is 24.3 Å². The Bertz CT molecular complexity index is 402. The van der Waals surface area contributed by atoms with E-state index in [1.807, 2.05) is 6.92 Å². The summed E-state index contributed by atoms with van der Waals surface area (Å²) in [5, 5.41) is 11.0. The third kappa shape index (κ3) is 3.34. The Labute approximate surface area is 92.5 Å². The molecule has 0 radical (unpaired) electrons. The lowest BCUT2D eigenvalue weighted by Gasteiger charge is -1.99. The highest BCUT2D eigenvalue weighted by Crippen LogP contribution is 2.23. The van der Waals surface area contributed by atoms with Crippen molar-refractivity contribution in [3.8, 4) is 0 Å². The molecule has 0 fully saturated rings. The highest BCUT2D eigenvalue weighted by molar-refractivity contribution is 6.32. The zero-order valence-electron chi connectivity index (χ0n) is 8.18. The average molecular weight is 227 g/mol. The molecule has 1 aromatic carbocycles. The molecule has 0 heterocycles. The van der Waals surface area contributed by atoms with Crippen molar-refractivity contribution in [2.45, 2.75) is 13.0 Å². The molecule has 0 bridgehead atoms. The Balaban J connectivity index is 3.05. The summed E-state index contributed by atoms with van der Waals surface area (Å²) in [5.74, 6) is 0. The van der Waals surface area contributed by atoms with Gasteiger partial charge in [0.15, 0.2) is 0 Å². The summed E-state index contributed by atoms with van der Waals surface area (Å²) >= 11 is 5.87. The van der Waals surface area contributed by atoms with Gasteiger partial charge in [-0.1, -0.05) is 23.8 Å². The molecule has 80 valence electrons. The molecule has 1 unspecified atom stereocenters. The van der Waals surface area contributed by atoms with Crippen molar-refractivity contribution in [1.29, 1.82) is 0 Å². The van der Waals surface area contributed by atoms with Gasteiger partial charge in [0.25, 0.3) is 5.69 Å². The molecule has 1 rings (SSSR count). The lowest BCUT2D eigenvalue weighted by Crippen LogP contribution is -2.09. The first-order chi connectivity index (χ1) is 7.00. The first kappa shape index (κ1) is 11.7. The second-order valence-electron chi connectivity index (χ2n) is 3.18. The molecule has 0 saturated carbocycles. The summed E-state index contributed by atoms with van der Waals surface area (Å²) in [4.78, 5) is 10.1. The van der Waals surface area contributed by atoms with Crippen molar-refractivity contribution >= 4 is 23.4 Å². The van der Waals surface area contributed by atoms with Gasteiger partial charge in [-0.05, 0) is 18.6 Å². The van der Waals surface area contributed by atoms with Crippen LogP contribution in [0.5, 0.6) is 0 Å². The zero-order valence-corrected chi connectivity index (χ0v) is 8.94. The van der Waals surface area contributed by atoms with Gasteiger partial charge in [-0.2, -0.15) is 0 Å². The van der Waals surface area contributed by atoms with Crippen LogP contribution < -0.4 is 5.73 Å². The van der Waals surface area contributed by atoms with Gasteiger partial charge in [0, 0.05) is 23.2 Å². The molecular weight excluding hydrogens is 216 g/mol. The predicted octanol–water partition coefficient (Wildman–Crippen LogP) is 2.61. The number of hydrogen-bond donors (Lipinski definition) is 1. The molecule has 1 aromatic rings. The van der Waals surface area contributed by atoms with Gasteiger partial charge in [-0.3, -0.25) is 10.1 Å². The largest absolute Gasteiger partial charge is 0.325 e. The van der Waals surface area contributed by atoms with Gasteiger partial charge >= 0.3 is 0 Å². The van der Waals surface area contributed by atoms with Gasteiger partial charge in [0.05, 0.1) is 4.92 Å². The average Bonchev–Trinajstić information content (AvgIpc) is 2.16. The fourth-order valence-corrected chi connectivity index (χ4v) is 1.21. The summed E-state index contributed by atoms with van der Waals surface area (Å²) in [7, 11) is 0. The van der Waals surface area contributed by atoms with E-state index in [2.05, 4.69) is 0 Å². The summed E-state index contributed by atoms with van der Waals surface area (Å²) in [5.41, 5.74) is 6.14. The maximum Gasteiger partial charge on any atom is 0.270 e. The van der Waals surface area contributed by atoms with Crippen molar-refractivity contribution in [3.63, 3.8) is 0 Å². The standard InChI is InChI=1S/C10H11ClN2O2/c1-7(12)2-3-8-6-9(13(14)15)4-5-10(8)11/h2-7H,12H2,1H3/b3-2+. The van der Waals surface area contributed by atoms with Crippen LogP contribution in [0.3, 0.4) is 0 Å². The number of halogens is 1. The Morgan fingerprint density at radius 1 is 1.60 bits per heavy atom. The molecule has 0 aromatic heterocycles. The van der Waals surface area contributed by atoms with Crippen LogP contribution in [0.4, 0.5) is 5.69 Å². The minimum atomic E-state index is -0.459. The maximum absolute atomic E-state index is 10.5. The van der Waals surface area contributed by atoms with Crippen molar-refractivity contribution < 1.29 is 4.92 Å². The number of nitro benzene ring substituents is 1. The number of nitrogens with zero attached hydrogens (tertiary/aromatic N) is 1. The van der Waals surface area contributed by atoms with Crippen LogP contribution in [0.25, 0.3) is 6.08 Å². The van der Waals surface area contributed by atoms with Crippen molar-refractivity contribution in [2.75, 3.05) is 0 Å². The summed E-state index contributed by atoms with van der Waals surface area (Å²) in [6.07, 6.45) is 3.41. The molecule has 4 nitrogen and oxygen atoms in total. The van der Waals surface area contributed by atoms with E-state index in [4.69, 9.17) is 17.3 Å². The van der Waals surface area contributed by atoms with E-state index in [1.165, 1.54) is 18.2 Å². The first-order valence-corrected chi connectivity index (χ1v) is 4.76. The normalized spacial score (nSPS) is 13.0. The second-order valence-corrected chi connectivity index (χ2v) is 3.59. The number of rotatable bonds is 3. The van der Waals surface area contributed by atoms with E-state index in [-0.39, 0.29) is 11.7 Å². The first-order valence-electron chi connectivity index (χ1n) is 4.38. The topological polar surface area (TPSA) is 69.2 Å². The molecule has 0 aliphatic heterocycles. The Hall–Kier alpha value is -1.39. The Morgan fingerprint density at radius 2 is 2.27 bits per heavy atom. The van der Waals surface area contributed by atoms with Gasteiger partial charge in [-0.25, -0.2) is 0 Å². The fraction of sp³-hybridized carbons (Fsp3) is 0.200. The van der Waals surface area contributed by atoms with E-state index < -0.39 is 4.92 Å². The molecule has 0 aliphatic carbocycles. The minimum Gasteiger partial charge on any atom is -0.325 e. The minimum absolute atomic E-state index is 0.0173. The van der Waals surface area contributed by atoms with Gasteiger partial charge in [-0.15, -0.1) is 0 Å². The lowest BCUT2D eigenvalue weighted by molar-refractivity contribution is -0.384. The molecule has 5 heteroatoms. The molecular formula is C10H11ClN2O2. The predicted molar refractivity (Wildman–Crippen MR) is 60.8 cm³/mol. The molecule has 0 amide bonds. The molecule has 0 saturated heterocycles. The highest BCUT2D eigenvalue weighted by atomic mass is 35.5. The lowest BCUT2D eigenvalue weighted by atomic mass is 10.1. The third-order valence-electron chi connectivity index (χ3n) is 1.77. The maximum atomic E-state index is 10.5. The molecule has 2 N–H and O–H groups in total. The second kappa shape index (κ2) is 4.91. The van der Waals surface area contributed by atoms with Crippen LogP contribution in [-0.2, 0) is 0 Å². The third-order valence-corrected chi connectivity index (χ3v) is 2.11. The van der Waals surface area contributed by atoms with Gasteiger partial charge in [0.1, 0.15) is 0 Å². The van der Waals surface area contributed by atoms with Crippen LogP contribution in [0.1, 0.15) is 12.5 Å². The van der Waals surface area contributed by atoms with Crippen LogP contribution in [0.2, 0.25) is 5.02 Å². The van der Waals surface area contributed by atoms with E-state index in [1.54, 1.807) is 12.2 Å². The number of non-ortho nitro benzene ring substituents is 1. The van der Waals surface area contributed by atoms with E-state index in [9.17, 15) is 10.1 Å². The number of benzene rings is 1. The molecule has 0 aliphatic rings. The monoisotopic (exact) mass is 226 g/mol. The highest BCUT2D eigenvalue weighted by Gasteiger charge is 2.07. The van der Waals surface area contributed by atoms with Crippen LogP contribution >= 0.6 is 11.6 Å². The zero-order chi connectivity index (χ0) is 11.4. The van der Waals surface area contributed by atoms with E-state index in [0.717, 1.165) is 0 Å². The number of nitrogens with two attached hydrogens (primary N) is 1. The van der Waals surface area contributed by atoms with Crippen LogP contribution in [0, 0.1) is 10.1 Å².